The van der Waals surface area contributed by atoms with Crippen molar-refractivity contribution in [3.63, 3.8) is 0 Å². The molecule has 1 saturated heterocycles. The van der Waals surface area contributed by atoms with Crippen LogP contribution in [0.4, 0.5) is 0 Å². The summed E-state index contributed by atoms with van der Waals surface area (Å²) < 4.78 is 0. The van der Waals surface area contributed by atoms with Crippen molar-refractivity contribution in [2.75, 3.05) is 32.7 Å². The zero-order valence-electron chi connectivity index (χ0n) is 12.7. The SMILES string of the molecule is Cl.Cl.NC1CCCC(C(=O)N2CCN(CC3CC3)CC2)C1. The zero-order valence-corrected chi connectivity index (χ0v) is 14.3. The van der Waals surface area contributed by atoms with Crippen molar-refractivity contribution in [2.24, 2.45) is 17.6 Å². The molecule has 3 fully saturated rings. The van der Waals surface area contributed by atoms with E-state index < -0.39 is 0 Å². The summed E-state index contributed by atoms with van der Waals surface area (Å²) in [6.45, 7) is 5.26. The van der Waals surface area contributed by atoms with Gasteiger partial charge in [-0.1, -0.05) is 6.42 Å². The van der Waals surface area contributed by atoms with Crippen LogP contribution in [0.5, 0.6) is 0 Å². The van der Waals surface area contributed by atoms with Gasteiger partial charge in [0.15, 0.2) is 0 Å². The molecule has 2 aliphatic carbocycles. The summed E-state index contributed by atoms with van der Waals surface area (Å²) in [6, 6.07) is 0.249. The van der Waals surface area contributed by atoms with Crippen molar-refractivity contribution in [3.05, 3.63) is 0 Å². The van der Waals surface area contributed by atoms with Crippen molar-refractivity contribution in [3.8, 4) is 0 Å². The predicted octanol–water partition coefficient (Wildman–Crippen LogP) is 1.90. The monoisotopic (exact) mass is 337 g/mol. The van der Waals surface area contributed by atoms with E-state index in [4.69, 9.17) is 5.73 Å². The highest BCUT2D eigenvalue weighted by molar-refractivity contribution is 5.85. The molecule has 0 bridgehead atoms. The lowest BCUT2D eigenvalue weighted by Gasteiger charge is -2.37. The summed E-state index contributed by atoms with van der Waals surface area (Å²) in [7, 11) is 0. The summed E-state index contributed by atoms with van der Waals surface area (Å²) in [6.07, 6.45) is 7.01. The number of piperazine rings is 1. The number of carbonyl (C=O) groups is 1. The molecule has 2 unspecified atom stereocenters. The van der Waals surface area contributed by atoms with E-state index in [-0.39, 0.29) is 36.8 Å². The Kier molecular flexibility index (Phi) is 7.75. The van der Waals surface area contributed by atoms with Crippen molar-refractivity contribution in [2.45, 2.75) is 44.6 Å². The summed E-state index contributed by atoms with van der Waals surface area (Å²) >= 11 is 0. The molecule has 124 valence electrons. The van der Waals surface area contributed by atoms with Gasteiger partial charge in [-0.3, -0.25) is 9.69 Å². The highest BCUT2D eigenvalue weighted by atomic mass is 35.5. The molecular weight excluding hydrogens is 309 g/mol. The first-order chi connectivity index (χ1) is 9.22. The van der Waals surface area contributed by atoms with E-state index in [2.05, 4.69) is 9.80 Å². The highest BCUT2D eigenvalue weighted by Gasteiger charge is 2.32. The van der Waals surface area contributed by atoms with Gasteiger partial charge in [0, 0.05) is 44.7 Å². The summed E-state index contributed by atoms with van der Waals surface area (Å²) in [4.78, 5) is 17.1. The first kappa shape index (κ1) is 19.0. The molecule has 1 aliphatic heterocycles. The molecule has 6 heteroatoms. The van der Waals surface area contributed by atoms with Gasteiger partial charge < -0.3 is 10.6 Å². The number of nitrogens with two attached hydrogens (primary N) is 1. The Morgan fingerprint density at radius 3 is 2.24 bits per heavy atom. The number of rotatable bonds is 3. The van der Waals surface area contributed by atoms with E-state index >= 15 is 0 Å². The lowest BCUT2D eigenvalue weighted by molar-refractivity contribution is -0.138. The van der Waals surface area contributed by atoms with Gasteiger partial charge >= 0.3 is 0 Å². The maximum absolute atomic E-state index is 12.5. The van der Waals surface area contributed by atoms with Crippen LogP contribution in [0.15, 0.2) is 0 Å². The molecule has 1 amide bonds. The third-order valence-corrected chi connectivity index (χ3v) is 4.96. The zero-order chi connectivity index (χ0) is 13.2. The lowest BCUT2D eigenvalue weighted by Crippen LogP contribution is -2.51. The van der Waals surface area contributed by atoms with Crippen LogP contribution in [0.1, 0.15) is 38.5 Å². The van der Waals surface area contributed by atoms with E-state index in [0.717, 1.165) is 57.8 Å². The minimum absolute atomic E-state index is 0. The van der Waals surface area contributed by atoms with Crippen LogP contribution in [0.2, 0.25) is 0 Å². The molecule has 0 aromatic carbocycles. The van der Waals surface area contributed by atoms with Crippen LogP contribution >= 0.6 is 24.8 Å². The molecule has 2 saturated carbocycles. The smallest absolute Gasteiger partial charge is 0.225 e. The topological polar surface area (TPSA) is 49.6 Å². The number of nitrogens with zero attached hydrogens (tertiary/aromatic N) is 2. The molecule has 0 aromatic rings. The first-order valence-electron chi connectivity index (χ1n) is 7.99. The molecule has 2 atom stereocenters. The Balaban J connectivity index is 0.00000110. The van der Waals surface area contributed by atoms with Crippen LogP contribution in [0, 0.1) is 11.8 Å². The maximum Gasteiger partial charge on any atom is 0.225 e. The van der Waals surface area contributed by atoms with Gasteiger partial charge in [0.1, 0.15) is 0 Å². The van der Waals surface area contributed by atoms with E-state index in [9.17, 15) is 4.79 Å². The number of halogens is 2. The average Bonchev–Trinajstić information content (AvgIpc) is 3.23. The van der Waals surface area contributed by atoms with E-state index in [1.54, 1.807) is 0 Å². The Hall–Kier alpha value is -0.0300. The van der Waals surface area contributed by atoms with Crippen molar-refractivity contribution >= 4 is 30.7 Å². The van der Waals surface area contributed by atoms with Gasteiger partial charge in [0.2, 0.25) is 5.91 Å². The molecule has 3 rings (SSSR count). The Morgan fingerprint density at radius 1 is 1.00 bits per heavy atom. The molecular formula is C15H29Cl2N3O. The molecule has 0 radical (unpaired) electrons. The highest BCUT2D eigenvalue weighted by Crippen LogP contribution is 2.30. The number of carbonyl (C=O) groups excluding carboxylic acids is 1. The minimum atomic E-state index is 0. The molecule has 2 N–H and O–H groups in total. The second-order valence-electron chi connectivity index (χ2n) is 6.69. The average molecular weight is 338 g/mol. The summed E-state index contributed by atoms with van der Waals surface area (Å²) in [5.74, 6) is 1.54. The fourth-order valence-electron chi connectivity index (χ4n) is 3.53. The molecule has 1 heterocycles. The van der Waals surface area contributed by atoms with Gasteiger partial charge in [-0.15, -0.1) is 24.8 Å². The Morgan fingerprint density at radius 2 is 1.67 bits per heavy atom. The van der Waals surface area contributed by atoms with Gasteiger partial charge in [-0.05, 0) is 38.0 Å². The molecule has 0 aromatic heterocycles. The fraction of sp³-hybridized carbons (Fsp3) is 0.933. The maximum atomic E-state index is 12.5. The second kappa shape index (κ2) is 8.56. The molecule has 0 spiro atoms. The normalized spacial score (nSPS) is 30.2. The Labute approximate surface area is 140 Å². The van der Waals surface area contributed by atoms with E-state index in [1.165, 1.54) is 19.4 Å². The number of amides is 1. The van der Waals surface area contributed by atoms with Crippen LogP contribution in [-0.2, 0) is 4.79 Å². The summed E-state index contributed by atoms with van der Waals surface area (Å²) in [5, 5.41) is 0. The molecule has 21 heavy (non-hydrogen) atoms. The largest absolute Gasteiger partial charge is 0.340 e. The number of hydrogen-bond donors (Lipinski definition) is 1. The second-order valence-corrected chi connectivity index (χ2v) is 6.69. The van der Waals surface area contributed by atoms with Crippen molar-refractivity contribution < 1.29 is 4.79 Å². The fourth-order valence-corrected chi connectivity index (χ4v) is 3.53. The van der Waals surface area contributed by atoms with Crippen LogP contribution in [0.3, 0.4) is 0 Å². The van der Waals surface area contributed by atoms with Gasteiger partial charge in [0.05, 0.1) is 0 Å². The standard InChI is InChI=1S/C15H27N3O.2ClH/c16-14-3-1-2-13(10-14)15(19)18-8-6-17(7-9-18)11-12-4-5-12;;/h12-14H,1-11,16H2;2*1H. The Bertz CT molecular complexity index is 331. The first-order valence-corrected chi connectivity index (χ1v) is 7.99. The summed E-state index contributed by atoms with van der Waals surface area (Å²) in [5.41, 5.74) is 6.00. The molecule has 3 aliphatic rings. The third kappa shape index (κ3) is 5.27. The quantitative estimate of drug-likeness (QED) is 0.855. The van der Waals surface area contributed by atoms with Crippen molar-refractivity contribution in [1.29, 1.82) is 0 Å². The van der Waals surface area contributed by atoms with Crippen molar-refractivity contribution in [1.82, 2.24) is 9.80 Å². The van der Waals surface area contributed by atoms with E-state index in [0.29, 0.717) is 5.91 Å². The predicted molar refractivity (Wildman–Crippen MR) is 90.2 cm³/mol. The minimum Gasteiger partial charge on any atom is -0.340 e. The van der Waals surface area contributed by atoms with E-state index in [1.807, 2.05) is 0 Å². The lowest BCUT2D eigenvalue weighted by atomic mass is 9.85. The van der Waals surface area contributed by atoms with Gasteiger partial charge in [0.25, 0.3) is 0 Å². The van der Waals surface area contributed by atoms with Crippen LogP contribution < -0.4 is 5.73 Å². The van der Waals surface area contributed by atoms with Crippen LogP contribution in [0.25, 0.3) is 0 Å². The van der Waals surface area contributed by atoms with Crippen LogP contribution in [-0.4, -0.2) is 54.5 Å². The number of hydrogen-bond acceptors (Lipinski definition) is 3. The third-order valence-electron chi connectivity index (χ3n) is 4.96. The van der Waals surface area contributed by atoms with Gasteiger partial charge in [-0.25, -0.2) is 0 Å². The van der Waals surface area contributed by atoms with Gasteiger partial charge in [-0.2, -0.15) is 0 Å². The molecule has 4 nitrogen and oxygen atoms in total.